The van der Waals surface area contributed by atoms with E-state index in [-0.39, 0.29) is 5.91 Å². The highest BCUT2D eigenvalue weighted by atomic mass is 16.5. The van der Waals surface area contributed by atoms with Gasteiger partial charge in [0.1, 0.15) is 0 Å². The Morgan fingerprint density at radius 2 is 2.10 bits per heavy atom. The van der Waals surface area contributed by atoms with Gasteiger partial charge < -0.3 is 15.4 Å². The quantitative estimate of drug-likeness (QED) is 0.776. The van der Waals surface area contributed by atoms with E-state index in [0.717, 1.165) is 52.2 Å². The minimum Gasteiger partial charge on any atom is -0.378 e. The van der Waals surface area contributed by atoms with E-state index in [1.807, 2.05) is 13.8 Å². The van der Waals surface area contributed by atoms with Gasteiger partial charge in [-0.05, 0) is 26.7 Å². The molecule has 1 amide bonds. The van der Waals surface area contributed by atoms with Gasteiger partial charge in [-0.2, -0.15) is 0 Å². The van der Waals surface area contributed by atoms with Crippen LogP contribution < -0.4 is 10.6 Å². The molecule has 0 radical (unpaired) electrons. The zero-order valence-corrected chi connectivity index (χ0v) is 13.1. The average molecular weight is 283 g/mol. The van der Waals surface area contributed by atoms with Crippen LogP contribution in [0, 0.1) is 5.92 Å². The molecule has 2 rings (SSSR count). The van der Waals surface area contributed by atoms with Gasteiger partial charge in [-0.15, -0.1) is 0 Å². The van der Waals surface area contributed by atoms with Crippen molar-refractivity contribution >= 4 is 5.91 Å². The third-order valence-corrected chi connectivity index (χ3v) is 4.74. The van der Waals surface area contributed by atoms with E-state index in [1.165, 1.54) is 0 Å². The molecule has 0 aromatic rings. The largest absolute Gasteiger partial charge is 0.378 e. The first-order chi connectivity index (χ1) is 9.55. The van der Waals surface area contributed by atoms with Crippen molar-refractivity contribution in [2.45, 2.75) is 45.3 Å². The fourth-order valence-electron chi connectivity index (χ4n) is 3.19. The molecule has 0 bridgehead atoms. The molecule has 0 aromatic heterocycles. The number of ether oxygens (including phenoxy) is 1. The summed E-state index contributed by atoms with van der Waals surface area (Å²) in [6.45, 7) is 11.6. The Balaban J connectivity index is 1.83. The van der Waals surface area contributed by atoms with Crippen molar-refractivity contribution in [1.29, 1.82) is 0 Å². The molecule has 0 aromatic carbocycles. The number of piperazine rings is 1. The minimum atomic E-state index is -0.427. The van der Waals surface area contributed by atoms with Gasteiger partial charge in [-0.1, -0.05) is 6.92 Å². The summed E-state index contributed by atoms with van der Waals surface area (Å²) in [5, 5.41) is 6.47. The average Bonchev–Trinajstić information content (AvgIpc) is 2.93. The van der Waals surface area contributed by atoms with Crippen LogP contribution in [0.4, 0.5) is 0 Å². The highest BCUT2D eigenvalue weighted by Gasteiger charge is 2.36. The predicted molar refractivity (Wildman–Crippen MR) is 79.7 cm³/mol. The summed E-state index contributed by atoms with van der Waals surface area (Å²) >= 11 is 0. The number of rotatable bonds is 5. The summed E-state index contributed by atoms with van der Waals surface area (Å²) in [5.74, 6) is 0.615. The molecule has 0 spiro atoms. The number of carbonyl (C=O) groups excluding carboxylic acids is 1. The van der Waals surface area contributed by atoms with Crippen molar-refractivity contribution in [3.05, 3.63) is 0 Å². The first kappa shape index (κ1) is 15.7. The second kappa shape index (κ2) is 6.87. The lowest BCUT2D eigenvalue weighted by atomic mass is 9.97. The zero-order valence-electron chi connectivity index (χ0n) is 13.1. The number of nitrogens with zero attached hydrogens (tertiary/aromatic N) is 1. The maximum atomic E-state index is 12.5. The number of amides is 1. The molecule has 2 N–H and O–H groups in total. The van der Waals surface area contributed by atoms with Crippen LogP contribution in [0.3, 0.4) is 0 Å². The summed E-state index contributed by atoms with van der Waals surface area (Å²) in [6, 6.07) is 0. The van der Waals surface area contributed by atoms with Crippen LogP contribution in [0.1, 0.15) is 33.6 Å². The highest BCUT2D eigenvalue weighted by molar-refractivity contribution is 5.85. The minimum absolute atomic E-state index is 0.140. The Bertz CT molecular complexity index is 327. The van der Waals surface area contributed by atoms with Crippen molar-refractivity contribution < 1.29 is 9.53 Å². The lowest BCUT2D eigenvalue weighted by Gasteiger charge is -2.40. The fourth-order valence-corrected chi connectivity index (χ4v) is 3.19. The number of carbonyl (C=O) groups is 1. The maximum absolute atomic E-state index is 12.5. The standard InChI is InChI=1S/C15H29N3O2/c1-4-13-12(5-10-20-13)11-17-14(19)15(2,3)18-8-6-16-7-9-18/h12-13,16H,4-11H2,1-3H3,(H,17,19). The van der Waals surface area contributed by atoms with E-state index in [4.69, 9.17) is 4.74 Å². The van der Waals surface area contributed by atoms with Gasteiger partial charge in [-0.25, -0.2) is 0 Å². The second-order valence-electron chi connectivity index (χ2n) is 6.37. The molecule has 2 unspecified atom stereocenters. The molecule has 2 atom stereocenters. The summed E-state index contributed by atoms with van der Waals surface area (Å²) < 4.78 is 5.68. The summed E-state index contributed by atoms with van der Waals surface area (Å²) in [5.41, 5.74) is -0.427. The monoisotopic (exact) mass is 283 g/mol. The van der Waals surface area contributed by atoms with E-state index in [0.29, 0.717) is 12.0 Å². The van der Waals surface area contributed by atoms with Gasteiger partial charge in [0.05, 0.1) is 11.6 Å². The van der Waals surface area contributed by atoms with E-state index in [9.17, 15) is 4.79 Å². The van der Waals surface area contributed by atoms with Crippen molar-refractivity contribution in [1.82, 2.24) is 15.5 Å². The molecule has 20 heavy (non-hydrogen) atoms. The molecule has 0 saturated carbocycles. The van der Waals surface area contributed by atoms with E-state index in [2.05, 4.69) is 22.5 Å². The highest BCUT2D eigenvalue weighted by Crippen LogP contribution is 2.23. The summed E-state index contributed by atoms with van der Waals surface area (Å²) in [6.07, 6.45) is 2.41. The lowest BCUT2D eigenvalue weighted by molar-refractivity contribution is -0.132. The van der Waals surface area contributed by atoms with Gasteiger partial charge in [0.15, 0.2) is 0 Å². The molecule has 2 heterocycles. The molecule has 2 fully saturated rings. The molecule has 2 aliphatic heterocycles. The van der Waals surface area contributed by atoms with Gasteiger partial charge in [0, 0.05) is 45.2 Å². The first-order valence-electron chi connectivity index (χ1n) is 7.91. The normalized spacial score (nSPS) is 28.6. The molecular formula is C15H29N3O2. The Labute approximate surface area is 122 Å². The zero-order chi connectivity index (χ0) is 14.6. The molecular weight excluding hydrogens is 254 g/mol. The van der Waals surface area contributed by atoms with E-state index >= 15 is 0 Å². The van der Waals surface area contributed by atoms with Crippen LogP contribution in [0.15, 0.2) is 0 Å². The Kier molecular flexibility index (Phi) is 5.41. The van der Waals surface area contributed by atoms with Gasteiger partial charge in [-0.3, -0.25) is 9.69 Å². The third kappa shape index (κ3) is 3.51. The molecule has 116 valence electrons. The van der Waals surface area contributed by atoms with Crippen LogP contribution in [0.25, 0.3) is 0 Å². The van der Waals surface area contributed by atoms with Gasteiger partial charge in [0.25, 0.3) is 0 Å². The predicted octanol–water partition coefficient (Wildman–Crippen LogP) is 0.602. The van der Waals surface area contributed by atoms with Gasteiger partial charge in [0.2, 0.25) is 5.91 Å². The van der Waals surface area contributed by atoms with Crippen LogP contribution in [-0.2, 0) is 9.53 Å². The van der Waals surface area contributed by atoms with Gasteiger partial charge >= 0.3 is 0 Å². The van der Waals surface area contributed by atoms with Crippen LogP contribution >= 0.6 is 0 Å². The molecule has 2 saturated heterocycles. The number of nitrogens with one attached hydrogen (secondary N) is 2. The van der Waals surface area contributed by atoms with Crippen molar-refractivity contribution in [2.24, 2.45) is 5.92 Å². The smallest absolute Gasteiger partial charge is 0.239 e. The van der Waals surface area contributed by atoms with E-state index < -0.39 is 5.54 Å². The maximum Gasteiger partial charge on any atom is 0.239 e. The Morgan fingerprint density at radius 1 is 1.40 bits per heavy atom. The van der Waals surface area contributed by atoms with Crippen LogP contribution in [0.2, 0.25) is 0 Å². The molecule has 5 heteroatoms. The number of hydrogen-bond donors (Lipinski definition) is 2. The summed E-state index contributed by atoms with van der Waals surface area (Å²) in [4.78, 5) is 14.8. The van der Waals surface area contributed by atoms with Crippen molar-refractivity contribution in [3.63, 3.8) is 0 Å². The van der Waals surface area contributed by atoms with Crippen LogP contribution in [-0.4, -0.2) is 61.8 Å². The van der Waals surface area contributed by atoms with Crippen molar-refractivity contribution in [2.75, 3.05) is 39.3 Å². The van der Waals surface area contributed by atoms with Crippen molar-refractivity contribution in [3.8, 4) is 0 Å². The molecule has 5 nitrogen and oxygen atoms in total. The fraction of sp³-hybridized carbons (Fsp3) is 0.933. The SMILES string of the molecule is CCC1OCCC1CNC(=O)C(C)(C)N1CCNCC1. The molecule has 0 aliphatic carbocycles. The number of hydrogen-bond acceptors (Lipinski definition) is 4. The topological polar surface area (TPSA) is 53.6 Å². The van der Waals surface area contributed by atoms with Crippen LogP contribution in [0.5, 0.6) is 0 Å². The summed E-state index contributed by atoms with van der Waals surface area (Å²) in [7, 11) is 0. The lowest BCUT2D eigenvalue weighted by Crippen LogP contribution is -2.60. The third-order valence-electron chi connectivity index (χ3n) is 4.74. The Hall–Kier alpha value is -0.650. The second-order valence-corrected chi connectivity index (χ2v) is 6.37. The van der Waals surface area contributed by atoms with E-state index in [1.54, 1.807) is 0 Å². The first-order valence-corrected chi connectivity index (χ1v) is 7.91. The molecule has 2 aliphatic rings. The Morgan fingerprint density at radius 3 is 2.75 bits per heavy atom.